The molecule has 1 saturated carbocycles. The molecule has 3 rings (SSSR count). The van der Waals surface area contributed by atoms with Crippen LogP contribution in [0.2, 0.25) is 0 Å². The molecule has 1 aliphatic carbocycles. The Labute approximate surface area is 148 Å². The normalized spacial score (nSPS) is 21.0. The molecule has 0 aromatic heterocycles. The van der Waals surface area contributed by atoms with Crippen LogP contribution in [-0.4, -0.2) is 37.6 Å². The van der Waals surface area contributed by atoms with Gasteiger partial charge >= 0.3 is 0 Å². The Morgan fingerprint density at radius 3 is 2.84 bits per heavy atom. The quantitative estimate of drug-likeness (QED) is 0.735. The maximum atomic E-state index is 12.2. The number of ether oxygens (including phenoxy) is 1. The van der Waals surface area contributed by atoms with Crippen molar-refractivity contribution in [2.45, 2.75) is 44.7 Å². The van der Waals surface area contributed by atoms with E-state index in [4.69, 9.17) is 4.74 Å². The topological polar surface area (TPSA) is 79.5 Å². The van der Waals surface area contributed by atoms with Crippen molar-refractivity contribution in [3.8, 4) is 0 Å². The van der Waals surface area contributed by atoms with Gasteiger partial charge < -0.3 is 20.7 Å². The van der Waals surface area contributed by atoms with Gasteiger partial charge in [0.2, 0.25) is 11.8 Å². The van der Waals surface area contributed by atoms with Crippen molar-refractivity contribution in [3.05, 3.63) is 29.8 Å². The van der Waals surface area contributed by atoms with Gasteiger partial charge in [-0.3, -0.25) is 9.59 Å². The van der Waals surface area contributed by atoms with Crippen molar-refractivity contribution in [2.24, 2.45) is 5.92 Å². The molecule has 1 heterocycles. The average molecular weight is 345 g/mol. The molecule has 0 spiro atoms. The van der Waals surface area contributed by atoms with Crippen LogP contribution in [0.5, 0.6) is 0 Å². The van der Waals surface area contributed by atoms with Crippen molar-refractivity contribution >= 4 is 17.5 Å². The van der Waals surface area contributed by atoms with E-state index in [1.807, 2.05) is 24.3 Å². The standard InChI is InChI=1S/C19H27N3O3/c23-18(11-17-13-25-9-8-20-17)21-12-14-4-3-7-16(10-14)22-19(24)15-5-1-2-6-15/h3-4,7,10,15,17,20H,1-2,5-6,8-9,11-13H2,(H,21,23)(H,22,24). The molecular formula is C19H27N3O3. The van der Waals surface area contributed by atoms with E-state index in [2.05, 4.69) is 16.0 Å². The van der Waals surface area contributed by atoms with Crippen LogP contribution < -0.4 is 16.0 Å². The summed E-state index contributed by atoms with van der Waals surface area (Å²) in [4.78, 5) is 24.3. The zero-order valence-electron chi connectivity index (χ0n) is 14.6. The van der Waals surface area contributed by atoms with Crippen LogP contribution in [-0.2, 0) is 20.9 Å². The summed E-state index contributed by atoms with van der Waals surface area (Å²) in [6, 6.07) is 7.76. The van der Waals surface area contributed by atoms with E-state index >= 15 is 0 Å². The van der Waals surface area contributed by atoms with E-state index in [1.54, 1.807) is 0 Å². The van der Waals surface area contributed by atoms with E-state index < -0.39 is 0 Å². The number of hydrogen-bond acceptors (Lipinski definition) is 4. The molecule has 1 unspecified atom stereocenters. The predicted octanol–water partition coefficient (Wildman–Crippen LogP) is 1.81. The Morgan fingerprint density at radius 2 is 2.08 bits per heavy atom. The maximum absolute atomic E-state index is 12.2. The number of amides is 2. The predicted molar refractivity (Wildman–Crippen MR) is 96.1 cm³/mol. The lowest BCUT2D eigenvalue weighted by molar-refractivity contribution is -0.122. The first-order chi connectivity index (χ1) is 12.2. The number of benzene rings is 1. The third-order valence-corrected chi connectivity index (χ3v) is 4.84. The van der Waals surface area contributed by atoms with Crippen LogP contribution in [0, 0.1) is 5.92 Å². The van der Waals surface area contributed by atoms with Gasteiger partial charge in [-0.2, -0.15) is 0 Å². The van der Waals surface area contributed by atoms with Crippen LogP contribution in [0.15, 0.2) is 24.3 Å². The molecule has 2 amide bonds. The minimum atomic E-state index is 0.00314. The fourth-order valence-corrected chi connectivity index (χ4v) is 3.44. The third-order valence-electron chi connectivity index (χ3n) is 4.84. The summed E-state index contributed by atoms with van der Waals surface area (Å²) in [5.41, 5.74) is 1.77. The zero-order chi connectivity index (χ0) is 17.5. The number of anilines is 1. The lowest BCUT2D eigenvalue weighted by Crippen LogP contribution is -2.44. The van der Waals surface area contributed by atoms with E-state index in [1.165, 1.54) is 0 Å². The Balaban J connectivity index is 1.46. The first kappa shape index (κ1) is 17.9. The van der Waals surface area contributed by atoms with Gasteiger partial charge in [0.05, 0.1) is 13.2 Å². The minimum Gasteiger partial charge on any atom is -0.378 e. The van der Waals surface area contributed by atoms with Crippen molar-refractivity contribution in [2.75, 3.05) is 25.1 Å². The molecule has 6 heteroatoms. The van der Waals surface area contributed by atoms with Crippen LogP contribution in [0.3, 0.4) is 0 Å². The molecular weight excluding hydrogens is 318 g/mol. The molecule has 2 aliphatic rings. The van der Waals surface area contributed by atoms with Crippen LogP contribution in [0.25, 0.3) is 0 Å². The lowest BCUT2D eigenvalue weighted by Gasteiger charge is -2.23. The van der Waals surface area contributed by atoms with E-state index in [-0.39, 0.29) is 23.8 Å². The molecule has 136 valence electrons. The largest absolute Gasteiger partial charge is 0.378 e. The third kappa shape index (κ3) is 5.54. The van der Waals surface area contributed by atoms with Crippen molar-refractivity contribution in [1.82, 2.24) is 10.6 Å². The van der Waals surface area contributed by atoms with Gasteiger partial charge in [-0.25, -0.2) is 0 Å². The highest BCUT2D eigenvalue weighted by atomic mass is 16.5. The van der Waals surface area contributed by atoms with Gasteiger partial charge in [-0.05, 0) is 30.5 Å². The van der Waals surface area contributed by atoms with Crippen molar-refractivity contribution in [1.29, 1.82) is 0 Å². The summed E-state index contributed by atoms with van der Waals surface area (Å²) >= 11 is 0. The average Bonchev–Trinajstić information content (AvgIpc) is 3.16. The molecule has 0 bridgehead atoms. The highest BCUT2D eigenvalue weighted by Crippen LogP contribution is 2.26. The van der Waals surface area contributed by atoms with Gasteiger partial charge in [0.25, 0.3) is 0 Å². The Kier molecular flexibility index (Phi) is 6.42. The number of hydrogen-bond donors (Lipinski definition) is 3. The monoisotopic (exact) mass is 345 g/mol. The van der Waals surface area contributed by atoms with Crippen molar-refractivity contribution in [3.63, 3.8) is 0 Å². The first-order valence-electron chi connectivity index (χ1n) is 9.18. The van der Waals surface area contributed by atoms with Gasteiger partial charge in [0, 0.05) is 37.2 Å². The Hall–Kier alpha value is -1.92. The highest BCUT2D eigenvalue weighted by molar-refractivity contribution is 5.92. The highest BCUT2D eigenvalue weighted by Gasteiger charge is 2.22. The van der Waals surface area contributed by atoms with Crippen LogP contribution >= 0.6 is 0 Å². The number of carbonyl (C=O) groups is 2. The smallest absolute Gasteiger partial charge is 0.227 e. The fraction of sp³-hybridized carbons (Fsp3) is 0.579. The lowest BCUT2D eigenvalue weighted by atomic mass is 10.1. The molecule has 2 fully saturated rings. The van der Waals surface area contributed by atoms with Gasteiger partial charge in [-0.1, -0.05) is 25.0 Å². The summed E-state index contributed by atoms with van der Waals surface area (Å²) in [6.45, 7) is 2.54. The summed E-state index contributed by atoms with van der Waals surface area (Å²) in [5, 5.41) is 9.21. The molecule has 3 N–H and O–H groups in total. The molecule has 1 aromatic rings. The van der Waals surface area contributed by atoms with E-state index in [9.17, 15) is 9.59 Å². The summed E-state index contributed by atoms with van der Waals surface area (Å²) in [7, 11) is 0. The minimum absolute atomic E-state index is 0.00314. The second-order valence-corrected chi connectivity index (χ2v) is 6.88. The molecule has 1 saturated heterocycles. The zero-order valence-corrected chi connectivity index (χ0v) is 14.6. The number of morpholine rings is 1. The second kappa shape index (κ2) is 8.97. The van der Waals surface area contributed by atoms with E-state index in [0.717, 1.165) is 43.5 Å². The van der Waals surface area contributed by atoms with Gasteiger partial charge in [0.1, 0.15) is 0 Å². The number of rotatable bonds is 6. The van der Waals surface area contributed by atoms with Crippen LogP contribution in [0.1, 0.15) is 37.7 Å². The Morgan fingerprint density at radius 1 is 1.24 bits per heavy atom. The fourth-order valence-electron chi connectivity index (χ4n) is 3.44. The summed E-state index contributed by atoms with van der Waals surface area (Å²) in [6.07, 6.45) is 4.68. The summed E-state index contributed by atoms with van der Waals surface area (Å²) < 4.78 is 5.36. The second-order valence-electron chi connectivity index (χ2n) is 6.88. The van der Waals surface area contributed by atoms with Crippen molar-refractivity contribution < 1.29 is 14.3 Å². The van der Waals surface area contributed by atoms with E-state index in [0.29, 0.717) is 26.2 Å². The molecule has 25 heavy (non-hydrogen) atoms. The molecule has 1 atom stereocenters. The first-order valence-corrected chi connectivity index (χ1v) is 9.18. The van der Waals surface area contributed by atoms with Crippen LogP contribution in [0.4, 0.5) is 5.69 Å². The molecule has 6 nitrogen and oxygen atoms in total. The van der Waals surface area contributed by atoms with Gasteiger partial charge in [-0.15, -0.1) is 0 Å². The number of nitrogens with one attached hydrogen (secondary N) is 3. The molecule has 0 radical (unpaired) electrons. The van der Waals surface area contributed by atoms with Gasteiger partial charge in [0.15, 0.2) is 0 Å². The maximum Gasteiger partial charge on any atom is 0.227 e. The number of carbonyl (C=O) groups excluding carboxylic acids is 2. The Bertz CT molecular complexity index is 593. The summed E-state index contributed by atoms with van der Waals surface area (Å²) in [5.74, 6) is 0.263. The molecule has 1 aliphatic heterocycles. The molecule has 1 aromatic carbocycles. The SMILES string of the molecule is O=C(CC1COCCN1)NCc1cccc(NC(=O)C2CCCC2)c1.